The molecule has 3 nitrogen and oxygen atoms in total. The van der Waals surface area contributed by atoms with Crippen molar-refractivity contribution in [2.24, 2.45) is 5.92 Å². The molecular weight excluding hydrogens is 314 g/mol. The topological polar surface area (TPSA) is 21.1 Å². The van der Waals surface area contributed by atoms with Crippen LogP contribution in [0.15, 0.2) is 4.47 Å². The summed E-state index contributed by atoms with van der Waals surface area (Å²) in [6.45, 7) is 7.57. The number of likely N-dealkylation sites (tertiary alicyclic amines) is 1. The van der Waals surface area contributed by atoms with E-state index in [1.54, 1.807) is 0 Å². The highest BCUT2D eigenvalue weighted by Gasteiger charge is 2.33. The molecular formula is C16H26BrN3. The molecule has 2 aliphatic rings. The second kappa shape index (κ2) is 6.18. The Morgan fingerprint density at radius 2 is 1.95 bits per heavy atom. The summed E-state index contributed by atoms with van der Waals surface area (Å²) in [5.41, 5.74) is 2.50. The number of aryl methyl sites for hydroxylation is 2. The molecule has 0 spiro atoms. The summed E-state index contributed by atoms with van der Waals surface area (Å²) in [6, 6.07) is 0.824. The molecule has 2 atom stereocenters. The summed E-state index contributed by atoms with van der Waals surface area (Å²) < 4.78 is 3.39. The predicted molar refractivity (Wildman–Crippen MR) is 85.7 cm³/mol. The monoisotopic (exact) mass is 339 g/mol. The van der Waals surface area contributed by atoms with Gasteiger partial charge in [-0.3, -0.25) is 9.58 Å². The van der Waals surface area contributed by atoms with E-state index in [4.69, 9.17) is 0 Å². The molecule has 1 aliphatic carbocycles. The van der Waals surface area contributed by atoms with Crippen LogP contribution >= 0.6 is 15.9 Å². The van der Waals surface area contributed by atoms with Crippen molar-refractivity contribution in [3.05, 3.63) is 15.9 Å². The smallest absolute Gasteiger partial charge is 0.0739 e. The predicted octanol–water partition coefficient (Wildman–Crippen LogP) is 4.13. The molecule has 112 valence electrons. The first kappa shape index (κ1) is 14.6. The Morgan fingerprint density at radius 1 is 1.20 bits per heavy atom. The van der Waals surface area contributed by atoms with Gasteiger partial charge in [-0.1, -0.05) is 12.8 Å². The van der Waals surface area contributed by atoms with Gasteiger partial charge >= 0.3 is 0 Å². The fourth-order valence-corrected chi connectivity index (χ4v) is 4.55. The number of hydrogen-bond donors (Lipinski definition) is 0. The zero-order chi connectivity index (χ0) is 14.1. The highest BCUT2D eigenvalue weighted by molar-refractivity contribution is 9.10. The summed E-state index contributed by atoms with van der Waals surface area (Å²) in [4.78, 5) is 2.74. The zero-order valence-corrected chi connectivity index (χ0v) is 14.3. The van der Waals surface area contributed by atoms with E-state index < -0.39 is 0 Å². The van der Waals surface area contributed by atoms with E-state index in [0.717, 1.165) is 30.7 Å². The van der Waals surface area contributed by atoms with Gasteiger partial charge in [0.05, 0.1) is 15.9 Å². The van der Waals surface area contributed by atoms with Crippen molar-refractivity contribution in [3.8, 4) is 0 Å². The Morgan fingerprint density at radius 3 is 2.75 bits per heavy atom. The van der Waals surface area contributed by atoms with E-state index in [2.05, 4.69) is 44.5 Å². The zero-order valence-electron chi connectivity index (χ0n) is 12.7. The van der Waals surface area contributed by atoms with Crippen LogP contribution in [0.5, 0.6) is 0 Å². The van der Waals surface area contributed by atoms with E-state index in [1.165, 1.54) is 55.2 Å². The molecule has 1 aromatic rings. The molecule has 2 fully saturated rings. The number of piperidine rings is 1. The molecule has 20 heavy (non-hydrogen) atoms. The maximum atomic E-state index is 4.64. The average molecular weight is 340 g/mol. The Kier molecular flexibility index (Phi) is 4.51. The van der Waals surface area contributed by atoms with E-state index in [1.807, 2.05) is 0 Å². The van der Waals surface area contributed by atoms with Crippen molar-refractivity contribution < 1.29 is 0 Å². The lowest BCUT2D eigenvalue weighted by Crippen LogP contribution is -2.46. The summed E-state index contributed by atoms with van der Waals surface area (Å²) in [6.07, 6.45) is 8.55. The number of nitrogens with zero attached hydrogens (tertiary/aromatic N) is 3. The molecule has 0 bridgehead atoms. The molecule has 0 aromatic carbocycles. The van der Waals surface area contributed by atoms with Gasteiger partial charge in [-0.25, -0.2) is 0 Å². The SMILES string of the molecule is CCn1nc(C)c(Br)c1CN1CCCC2CCCCC21. The third-order valence-corrected chi connectivity index (χ3v) is 6.20. The summed E-state index contributed by atoms with van der Waals surface area (Å²) in [7, 11) is 0. The lowest BCUT2D eigenvalue weighted by atomic mass is 9.78. The van der Waals surface area contributed by atoms with Crippen LogP contribution in [-0.4, -0.2) is 27.3 Å². The van der Waals surface area contributed by atoms with Crippen LogP contribution in [0.4, 0.5) is 0 Å². The first-order valence-corrected chi connectivity index (χ1v) is 8.95. The molecule has 3 rings (SSSR count). The first-order valence-electron chi connectivity index (χ1n) is 8.16. The number of aromatic nitrogens is 2. The molecule has 1 aromatic heterocycles. The second-order valence-electron chi connectivity index (χ2n) is 6.39. The highest BCUT2D eigenvalue weighted by atomic mass is 79.9. The molecule has 1 saturated carbocycles. The minimum absolute atomic E-state index is 0.824. The van der Waals surface area contributed by atoms with E-state index in [9.17, 15) is 0 Å². The van der Waals surface area contributed by atoms with E-state index >= 15 is 0 Å². The van der Waals surface area contributed by atoms with Crippen LogP contribution in [0.2, 0.25) is 0 Å². The van der Waals surface area contributed by atoms with Crippen molar-refractivity contribution in [2.75, 3.05) is 6.54 Å². The molecule has 2 heterocycles. The number of hydrogen-bond acceptors (Lipinski definition) is 2. The van der Waals surface area contributed by atoms with Crippen molar-refractivity contribution in [1.29, 1.82) is 0 Å². The van der Waals surface area contributed by atoms with Gasteiger partial charge in [-0.05, 0) is 67.9 Å². The lowest BCUT2D eigenvalue weighted by Gasteiger charge is -2.44. The molecule has 0 amide bonds. The van der Waals surface area contributed by atoms with Crippen LogP contribution < -0.4 is 0 Å². The third-order valence-electron chi connectivity index (χ3n) is 5.16. The number of halogens is 1. The largest absolute Gasteiger partial charge is 0.294 e. The number of rotatable bonds is 3. The van der Waals surface area contributed by atoms with Gasteiger partial charge in [0.1, 0.15) is 0 Å². The normalized spacial score (nSPS) is 27.6. The van der Waals surface area contributed by atoms with Gasteiger partial charge < -0.3 is 0 Å². The quantitative estimate of drug-likeness (QED) is 0.825. The highest BCUT2D eigenvalue weighted by Crippen LogP contribution is 2.36. The van der Waals surface area contributed by atoms with Gasteiger partial charge in [-0.15, -0.1) is 0 Å². The van der Waals surface area contributed by atoms with Crippen molar-refractivity contribution >= 4 is 15.9 Å². The molecule has 2 unspecified atom stereocenters. The third kappa shape index (κ3) is 2.69. The second-order valence-corrected chi connectivity index (χ2v) is 7.18. The summed E-state index contributed by atoms with van der Waals surface area (Å²) in [5, 5.41) is 4.64. The van der Waals surface area contributed by atoms with Crippen LogP contribution in [0.3, 0.4) is 0 Å². The molecule has 1 saturated heterocycles. The Labute approximate surface area is 130 Å². The van der Waals surface area contributed by atoms with Crippen molar-refractivity contribution in [3.63, 3.8) is 0 Å². The van der Waals surface area contributed by atoms with Gasteiger partial charge in [0.15, 0.2) is 0 Å². The Bertz CT molecular complexity index is 467. The molecule has 4 heteroatoms. The fourth-order valence-electron chi connectivity index (χ4n) is 4.14. The number of fused-ring (bicyclic) bond motifs is 1. The molecule has 0 N–H and O–H groups in total. The van der Waals surface area contributed by atoms with Gasteiger partial charge in [0.2, 0.25) is 0 Å². The van der Waals surface area contributed by atoms with Gasteiger partial charge in [0, 0.05) is 19.1 Å². The summed E-state index contributed by atoms with van der Waals surface area (Å²) in [5.74, 6) is 0.954. The molecule has 1 aliphatic heterocycles. The van der Waals surface area contributed by atoms with Crippen LogP contribution in [0.25, 0.3) is 0 Å². The van der Waals surface area contributed by atoms with Gasteiger partial charge in [0.25, 0.3) is 0 Å². The molecule has 0 radical (unpaired) electrons. The standard InChI is InChI=1S/C16H26BrN3/c1-3-20-15(16(17)12(2)18-20)11-19-10-6-8-13-7-4-5-9-14(13)19/h13-14H,3-11H2,1-2H3. The van der Waals surface area contributed by atoms with Crippen LogP contribution in [0, 0.1) is 12.8 Å². The van der Waals surface area contributed by atoms with E-state index in [-0.39, 0.29) is 0 Å². The average Bonchev–Trinajstić information content (AvgIpc) is 2.75. The minimum atomic E-state index is 0.824. The van der Waals surface area contributed by atoms with Crippen molar-refractivity contribution in [2.45, 2.75) is 71.5 Å². The van der Waals surface area contributed by atoms with Crippen molar-refractivity contribution in [1.82, 2.24) is 14.7 Å². The lowest BCUT2D eigenvalue weighted by molar-refractivity contribution is 0.0525. The maximum absolute atomic E-state index is 4.64. The first-order chi connectivity index (χ1) is 9.70. The fraction of sp³-hybridized carbons (Fsp3) is 0.812. The Balaban J connectivity index is 1.79. The van der Waals surface area contributed by atoms with Crippen LogP contribution in [0.1, 0.15) is 56.8 Å². The van der Waals surface area contributed by atoms with E-state index in [0.29, 0.717) is 0 Å². The summed E-state index contributed by atoms with van der Waals surface area (Å²) >= 11 is 3.75. The minimum Gasteiger partial charge on any atom is -0.294 e. The Hall–Kier alpha value is -0.350. The maximum Gasteiger partial charge on any atom is 0.0739 e. The van der Waals surface area contributed by atoms with Gasteiger partial charge in [-0.2, -0.15) is 5.10 Å². The van der Waals surface area contributed by atoms with Crippen LogP contribution in [-0.2, 0) is 13.1 Å².